The Bertz CT molecular complexity index is 481. The molecule has 0 aromatic heterocycles. The maximum absolute atomic E-state index is 12.0. The van der Waals surface area contributed by atoms with Gasteiger partial charge >= 0.3 is 0 Å². The molecule has 1 fully saturated rings. The highest BCUT2D eigenvalue weighted by atomic mass is 16.5. The number of rotatable bonds is 6. The summed E-state index contributed by atoms with van der Waals surface area (Å²) in [7, 11) is 0. The molecule has 2 amide bonds. The van der Waals surface area contributed by atoms with Crippen LogP contribution in [0.2, 0.25) is 0 Å². The zero-order chi connectivity index (χ0) is 15.1. The minimum atomic E-state index is -0.149. The number of anilines is 1. The lowest BCUT2D eigenvalue weighted by molar-refractivity contribution is -0.123. The summed E-state index contributed by atoms with van der Waals surface area (Å²) in [5, 5.41) is 8.71. The van der Waals surface area contributed by atoms with Crippen molar-refractivity contribution in [1.82, 2.24) is 10.6 Å². The maximum Gasteiger partial charge on any atom is 0.257 e. The number of benzene rings is 1. The van der Waals surface area contributed by atoms with Crippen LogP contribution in [0.25, 0.3) is 0 Å². The van der Waals surface area contributed by atoms with Crippen molar-refractivity contribution in [3.63, 3.8) is 0 Å². The maximum atomic E-state index is 12.0. The number of ether oxygens (including phenoxy) is 1. The first-order chi connectivity index (χ1) is 10.2. The average Bonchev–Trinajstić information content (AvgIpc) is 3.01. The van der Waals surface area contributed by atoms with Gasteiger partial charge in [-0.1, -0.05) is 0 Å². The quantitative estimate of drug-likeness (QED) is 0.722. The van der Waals surface area contributed by atoms with Crippen molar-refractivity contribution >= 4 is 17.5 Å². The van der Waals surface area contributed by atoms with E-state index in [1.807, 2.05) is 6.92 Å². The molecule has 114 valence electrons. The lowest BCUT2D eigenvalue weighted by Gasteiger charge is -2.11. The van der Waals surface area contributed by atoms with Crippen LogP contribution in [-0.4, -0.2) is 38.1 Å². The van der Waals surface area contributed by atoms with Crippen LogP contribution in [0.5, 0.6) is 5.75 Å². The molecule has 1 atom stereocenters. The number of carbonyl (C=O) groups excluding carboxylic acids is 2. The van der Waals surface area contributed by atoms with E-state index >= 15 is 0 Å². The summed E-state index contributed by atoms with van der Waals surface area (Å²) in [6, 6.07) is 7.02. The molecule has 1 aromatic carbocycles. The summed E-state index contributed by atoms with van der Waals surface area (Å²) in [4.78, 5) is 23.2. The van der Waals surface area contributed by atoms with Gasteiger partial charge in [0.25, 0.3) is 5.91 Å². The number of likely N-dealkylation sites (N-methyl/N-ethyl adjacent to an activating group) is 1. The van der Waals surface area contributed by atoms with Crippen LogP contribution in [0.3, 0.4) is 0 Å². The highest BCUT2D eigenvalue weighted by molar-refractivity contribution is 5.92. The second kappa shape index (κ2) is 7.64. The van der Waals surface area contributed by atoms with E-state index in [-0.39, 0.29) is 24.3 Å². The summed E-state index contributed by atoms with van der Waals surface area (Å²) in [6.07, 6.45) is 0.875. The predicted octanol–water partition coefficient (Wildman–Crippen LogP) is 0.749. The molecule has 6 heteroatoms. The van der Waals surface area contributed by atoms with E-state index < -0.39 is 0 Å². The zero-order valence-electron chi connectivity index (χ0n) is 12.1. The van der Waals surface area contributed by atoms with Crippen molar-refractivity contribution in [1.29, 1.82) is 0 Å². The highest BCUT2D eigenvalue weighted by Crippen LogP contribution is 2.17. The molecule has 1 aliphatic heterocycles. The Balaban J connectivity index is 1.81. The second-order valence-electron chi connectivity index (χ2n) is 4.95. The minimum Gasteiger partial charge on any atom is -0.484 e. The van der Waals surface area contributed by atoms with Gasteiger partial charge in [-0.15, -0.1) is 0 Å². The monoisotopic (exact) mass is 291 g/mol. The normalized spacial score (nSPS) is 17.3. The van der Waals surface area contributed by atoms with Crippen LogP contribution in [0, 0.1) is 5.92 Å². The van der Waals surface area contributed by atoms with Crippen LogP contribution in [0.4, 0.5) is 5.69 Å². The summed E-state index contributed by atoms with van der Waals surface area (Å²) < 4.78 is 5.35. The van der Waals surface area contributed by atoms with Gasteiger partial charge in [-0.2, -0.15) is 0 Å². The van der Waals surface area contributed by atoms with Gasteiger partial charge in [-0.05, 0) is 44.2 Å². The van der Waals surface area contributed by atoms with Crippen LogP contribution < -0.4 is 20.7 Å². The summed E-state index contributed by atoms with van der Waals surface area (Å²) in [5.41, 5.74) is 0.734. The molecular formula is C15H21N3O3. The van der Waals surface area contributed by atoms with E-state index in [4.69, 9.17) is 4.74 Å². The van der Waals surface area contributed by atoms with Crippen LogP contribution in [-0.2, 0) is 9.59 Å². The van der Waals surface area contributed by atoms with Crippen molar-refractivity contribution < 1.29 is 14.3 Å². The second-order valence-corrected chi connectivity index (χ2v) is 4.95. The third-order valence-electron chi connectivity index (χ3n) is 3.30. The highest BCUT2D eigenvalue weighted by Gasteiger charge is 2.22. The van der Waals surface area contributed by atoms with E-state index in [2.05, 4.69) is 16.0 Å². The topological polar surface area (TPSA) is 79.5 Å². The fraction of sp³-hybridized carbons (Fsp3) is 0.467. The fourth-order valence-electron chi connectivity index (χ4n) is 2.15. The first-order valence-corrected chi connectivity index (χ1v) is 7.20. The van der Waals surface area contributed by atoms with Crippen LogP contribution >= 0.6 is 0 Å². The summed E-state index contributed by atoms with van der Waals surface area (Å²) >= 11 is 0. The molecule has 21 heavy (non-hydrogen) atoms. The third-order valence-corrected chi connectivity index (χ3v) is 3.30. The lowest BCUT2D eigenvalue weighted by Crippen LogP contribution is -2.28. The number of hydrogen-bond acceptors (Lipinski definition) is 4. The number of nitrogens with one attached hydrogen (secondary N) is 3. The van der Waals surface area contributed by atoms with Crippen molar-refractivity contribution in [2.45, 2.75) is 13.3 Å². The van der Waals surface area contributed by atoms with Crippen molar-refractivity contribution in [2.75, 3.05) is 31.6 Å². The van der Waals surface area contributed by atoms with Gasteiger partial charge in [0, 0.05) is 18.8 Å². The molecule has 6 nitrogen and oxygen atoms in total. The molecule has 0 spiro atoms. The molecule has 1 saturated heterocycles. The Hall–Kier alpha value is -2.08. The van der Waals surface area contributed by atoms with Crippen molar-refractivity contribution in [3.8, 4) is 5.75 Å². The van der Waals surface area contributed by atoms with Gasteiger partial charge in [0.05, 0.1) is 5.92 Å². The van der Waals surface area contributed by atoms with Crippen molar-refractivity contribution in [3.05, 3.63) is 24.3 Å². The number of amides is 2. The van der Waals surface area contributed by atoms with E-state index in [0.717, 1.165) is 25.2 Å². The molecule has 1 heterocycles. The van der Waals surface area contributed by atoms with Gasteiger partial charge in [0.2, 0.25) is 5.91 Å². The van der Waals surface area contributed by atoms with Gasteiger partial charge < -0.3 is 20.7 Å². The minimum absolute atomic E-state index is 0.00666. The number of carbonyl (C=O) groups is 2. The van der Waals surface area contributed by atoms with Crippen LogP contribution in [0.1, 0.15) is 13.3 Å². The fourth-order valence-corrected chi connectivity index (χ4v) is 2.15. The Labute approximate surface area is 124 Å². The molecule has 0 aliphatic carbocycles. The Morgan fingerprint density at radius 3 is 2.71 bits per heavy atom. The largest absolute Gasteiger partial charge is 0.484 e. The van der Waals surface area contributed by atoms with Crippen molar-refractivity contribution in [2.24, 2.45) is 5.92 Å². The zero-order valence-corrected chi connectivity index (χ0v) is 12.1. The SMILES string of the molecule is CCNC(=O)COc1ccc(NC(=O)C2CCNC2)cc1. The standard InChI is InChI=1S/C15H21N3O3/c1-2-17-14(19)10-21-13-5-3-12(4-6-13)18-15(20)11-7-8-16-9-11/h3-6,11,16H,2,7-10H2,1H3,(H,17,19)(H,18,20). The molecule has 1 aromatic rings. The molecule has 1 unspecified atom stereocenters. The molecule has 1 aliphatic rings. The summed E-state index contributed by atoms with van der Waals surface area (Å²) in [6.45, 7) is 4.07. The molecule has 0 radical (unpaired) electrons. The van der Waals surface area contributed by atoms with Crippen LogP contribution in [0.15, 0.2) is 24.3 Å². The van der Waals surface area contributed by atoms with Gasteiger partial charge in [-0.3, -0.25) is 9.59 Å². The van der Waals surface area contributed by atoms with E-state index in [0.29, 0.717) is 12.3 Å². The molecule has 3 N–H and O–H groups in total. The van der Waals surface area contributed by atoms with Gasteiger partial charge in [0.15, 0.2) is 6.61 Å². The van der Waals surface area contributed by atoms with E-state index in [1.54, 1.807) is 24.3 Å². The Morgan fingerprint density at radius 2 is 2.10 bits per heavy atom. The Morgan fingerprint density at radius 1 is 1.33 bits per heavy atom. The average molecular weight is 291 g/mol. The predicted molar refractivity (Wildman–Crippen MR) is 80.2 cm³/mol. The smallest absolute Gasteiger partial charge is 0.257 e. The molecule has 2 rings (SSSR count). The first kappa shape index (κ1) is 15.3. The lowest BCUT2D eigenvalue weighted by atomic mass is 10.1. The number of hydrogen-bond donors (Lipinski definition) is 3. The molecule has 0 bridgehead atoms. The molecule has 0 saturated carbocycles. The first-order valence-electron chi connectivity index (χ1n) is 7.20. The molecular weight excluding hydrogens is 270 g/mol. The van der Waals surface area contributed by atoms with Gasteiger partial charge in [-0.25, -0.2) is 0 Å². The summed E-state index contributed by atoms with van der Waals surface area (Å²) in [5.74, 6) is 0.528. The third kappa shape index (κ3) is 4.75. The van der Waals surface area contributed by atoms with E-state index in [1.165, 1.54) is 0 Å². The van der Waals surface area contributed by atoms with Gasteiger partial charge in [0.1, 0.15) is 5.75 Å². The Kier molecular flexibility index (Phi) is 5.57. The van der Waals surface area contributed by atoms with E-state index in [9.17, 15) is 9.59 Å².